The van der Waals surface area contributed by atoms with Crippen LogP contribution in [0, 0.1) is 23.0 Å². The van der Waals surface area contributed by atoms with Gasteiger partial charge in [0.15, 0.2) is 0 Å². The first-order chi connectivity index (χ1) is 10.1. The van der Waals surface area contributed by atoms with Gasteiger partial charge in [-0.3, -0.25) is 14.9 Å². The Labute approximate surface area is 124 Å². The van der Waals surface area contributed by atoms with Crippen LogP contribution in [0.25, 0.3) is 0 Å². The Kier molecular flexibility index (Phi) is 5.27. The van der Waals surface area contributed by atoms with Crippen molar-refractivity contribution < 1.29 is 9.72 Å². The number of aryl methyl sites for hydroxylation is 1. The van der Waals surface area contributed by atoms with Crippen molar-refractivity contribution in [3.05, 3.63) is 33.9 Å². The summed E-state index contributed by atoms with van der Waals surface area (Å²) in [4.78, 5) is 22.2. The average Bonchev–Trinajstić information content (AvgIpc) is 2.48. The van der Waals surface area contributed by atoms with Gasteiger partial charge in [0.1, 0.15) is 0 Å². The molecule has 0 aliphatic carbocycles. The van der Waals surface area contributed by atoms with E-state index in [0.717, 1.165) is 32.4 Å². The lowest BCUT2D eigenvalue weighted by Gasteiger charge is -2.22. The van der Waals surface area contributed by atoms with Gasteiger partial charge in [0, 0.05) is 24.2 Å². The van der Waals surface area contributed by atoms with Gasteiger partial charge in [-0.05, 0) is 56.8 Å². The second-order valence-corrected chi connectivity index (χ2v) is 5.54. The molecule has 0 radical (unpaired) electrons. The number of carbonyl (C=O) groups excluding carboxylic acids is 1. The predicted octanol–water partition coefficient (Wildman–Crippen LogP) is 2.62. The fraction of sp³-hybridized carbons (Fsp3) is 0.533. The molecule has 1 heterocycles. The lowest BCUT2D eigenvalue weighted by molar-refractivity contribution is -0.384. The number of carbonyl (C=O) groups is 1. The van der Waals surface area contributed by atoms with Crippen molar-refractivity contribution in [2.75, 3.05) is 18.4 Å². The lowest BCUT2D eigenvalue weighted by Crippen LogP contribution is -2.28. The zero-order valence-electron chi connectivity index (χ0n) is 12.2. The largest absolute Gasteiger partial charge is 0.326 e. The molecule has 1 aliphatic rings. The summed E-state index contributed by atoms with van der Waals surface area (Å²) in [6.07, 6.45) is 3.66. The number of non-ortho nitro benzene ring substituents is 1. The van der Waals surface area contributed by atoms with Crippen molar-refractivity contribution in [1.29, 1.82) is 0 Å². The minimum Gasteiger partial charge on any atom is -0.326 e. The predicted molar refractivity (Wildman–Crippen MR) is 81.3 cm³/mol. The molecule has 2 N–H and O–H groups in total. The van der Waals surface area contributed by atoms with Crippen molar-refractivity contribution >= 4 is 17.3 Å². The van der Waals surface area contributed by atoms with Gasteiger partial charge in [0.25, 0.3) is 5.69 Å². The number of nitrogens with one attached hydrogen (secondary N) is 2. The Morgan fingerprint density at radius 2 is 2.14 bits per heavy atom. The van der Waals surface area contributed by atoms with E-state index < -0.39 is 4.92 Å². The van der Waals surface area contributed by atoms with Gasteiger partial charge in [0.05, 0.1) is 4.92 Å². The Morgan fingerprint density at radius 3 is 2.76 bits per heavy atom. The second-order valence-electron chi connectivity index (χ2n) is 5.54. The summed E-state index contributed by atoms with van der Waals surface area (Å²) in [5, 5.41) is 16.8. The number of amides is 1. The van der Waals surface area contributed by atoms with E-state index in [0.29, 0.717) is 23.6 Å². The van der Waals surface area contributed by atoms with Crippen LogP contribution in [-0.2, 0) is 4.79 Å². The molecule has 2 rings (SSSR count). The quantitative estimate of drug-likeness (QED) is 0.645. The molecule has 6 heteroatoms. The van der Waals surface area contributed by atoms with Gasteiger partial charge >= 0.3 is 0 Å². The summed E-state index contributed by atoms with van der Waals surface area (Å²) in [5.41, 5.74) is 1.40. The summed E-state index contributed by atoms with van der Waals surface area (Å²) in [6, 6.07) is 4.48. The fourth-order valence-corrected chi connectivity index (χ4v) is 2.62. The van der Waals surface area contributed by atoms with Gasteiger partial charge < -0.3 is 10.6 Å². The zero-order chi connectivity index (χ0) is 15.2. The highest BCUT2D eigenvalue weighted by Crippen LogP contribution is 2.22. The van der Waals surface area contributed by atoms with Gasteiger partial charge in [0.2, 0.25) is 5.91 Å². The fourth-order valence-electron chi connectivity index (χ4n) is 2.62. The number of anilines is 1. The molecule has 0 saturated carbocycles. The number of hydrogen-bond donors (Lipinski definition) is 2. The molecular weight excluding hydrogens is 270 g/mol. The molecule has 1 aliphatic heterocycles. The molecule has 0 aromatic heterocycles. The first-order valence-corrected chi connectivity index (χ1v) is 7.32. The Balaban J connectivity index is 1.85. The number of nitro groups is 1. The third-order valence-corrected chi connectivity index (χ3v) is 3.93. The molecule has 1 saturated heterocycles. The third-order valence-electron chi connectivity index (χ3n) is 3.93. The number of nitrogens with zero attached hydrogens (tertiary/aromatic N) is 1. The summed E-state index contributed by atoms with van der Waals surface area (Å²) in [5.74, 6) is 0.598. The summed E-state index contributed by atoms with van der Waals surface area (Å²) in [6.45, 7) is 3.83. The highest BCUT2D eigenvalue weighted by atomic mass is 16.6. The molecule has 0 spiro atoms. The molecule has 1 amide bonds. The maximum Gasteiger partial charge on any atom is 0.269 e. The van der Waals surface area contributed by atoms with E-state index in [4.69, 9.17) is 0 Å². The van der Waals surface area contributed by atoms with Crippen molar-refractivity contribution in [2.24, 2.45) is 5.92 Å². The van der Waals surface area contributed by atoms with E-state index in [1.54, 1.807) is 13.0 Å². The number of rotatable bonds is 5. The van der Waals surface area contributed by atoms with Crippen molar-refractivity contribution in [2.45, 2.75) is 32.6 Å². The van der Waals surface area contributed by atoms with Crippen molar-refractivity contribution in [3.8, 4) is 0 Å². The minimum absolute atomic E-state index is 0.0227. The molecule has 21 heavy (non-hydrogen) atoms. The van der Waals surface area contributed by atoms with Crippen LogP contribution in [0.5, 0.6) is 0 Å². The molecule has 1 aromatic carbocycles. The SMILES string of the molecule is Cc1cc([N+](=O)[O-])ccc1NC(=O)CCC1CCNCC1. The minimum atomic E-state index is -0.435. The number of nitro benzene ring substituents is 1. The van der Waals surface area contributed by atoms with Crippen LogP contribution in [0.2, 0.25) is 0 Å². The standard InChI is InChI=1S/C15H21N3O3/c1-11-10-13(18(20)21)3-4-14(11)17-15(19)5-2-12-6-8-16-9-7-12/h3-4,10,12,16H,2,5-9H2,1H3,(H,17,19). The highest BCUT2D eigenvalue weighted by molar-refractivity contribution is 5.91. The van der Waals surface area contributed by atoms with Crippen LogP contribution in [-0.4, -0.2) is 23.9 Å². The van der Waals surface area contributed by atoms with Crippen LogP contribution in [0.4, 0.5) is 11.4 Å². The van der Waals surface area contributed by atoms with Crippen LogP contribution in [0.3, 0.4) is 0 Å². The van der Waals surface area contributed by atoms with Crippen LogP contribution < -0.4 is 10.6 Å². The lowest BCUT2D eigenvalue weighted by atomic mass is 9.93. The van der Waals surface area contributed by atoms with Gasteiger partial charge in [-0.25, -0.2) is 0 Å². The molecule has 0 unspecified atom stereocenters. The molecule has 6 nitrogen and oxygen atoms in total. The average molecular weight is 291 g/mol. The topological polar surface area (TPSA) is 84.3 Å². The number of piperidine rings is 1. The molecule has 1 fully saturated rings. The smallest absolute Gasteiger partial charge is 0.269 e. The van der Waals surface area contributed by atoms with Gasteiger partial charge in [-0.15, -0.1) is 0 Å². The summed E-state index contributed by atoms with van der Waals surface area (Å²) >= 11 is 0. The van der Waals surface area contributed by atoms with Crippen molar-refractivity contribution in [1.82, 2.24) is 5.32 Å². The summed E-state index contributed by atoms with van der Waals surface area (Å²) < 4.78 is 0. The molecular formula is C15H21N3O3. The molecule has 0 atom stereocenters. The van der Waals surface area contributed by atoms with E-state index in [2.05, 4.69) is 10.6 Å². The number of benzene rings is 1. The maximum atomic E-state index is 12.0. The Hall–Kier alpha value is -1.95. The first-order valence-electron chi connectivity index (χ1n) is 7.32. The van der Waals surface area contributed by atoms with Crippen molar-refractivity contribution in [3.63, 3.8) is 0 Å². The van der Waals surface area contributed by atoms with E-state index >= 15 is 0 Å². The maximum absolute atomic E-state index is 12.0. The molecule has 114 valence electrons. The van der Waals surface area contributed by atoms with E-state index in [1.807, 2.05) is 0 Å². The van der Waals surface area contributed by atoms with Crippen LogP contribution in [0.15, 0.2) is 18.2 Å². The first kappa shape index (κ1) is 15.4. The van der Waals surface area contributed by atoms with Gasteiger partial charge in [-0.1, -0.05) is 0 Å². The molecule has 1 aromatic rings. The normalized spacial score (nSPS) is 15.7. The Morgan fingerprint density at radius 1 is 1.43 bits per heavy atom. The zero-order valence-corrected chi connectivity index (χ0v) is 12.2. The van der Waals surface area contributed by atoms with Gasteiger partial charge in [-0.2, -0.15) is 0 Å². The highest BCUT2D eigenvalue weighted by Gasteiger charge is 2.15. The molecule has 0 bridgehead atoms. The van der Waals surface area contributed by atoms with E-state index in [9.17, 15) is 14.9 Å². The monoisotopic (exact) mass is 291 g/mol. The third kappa shape index (κ3) is 4.53. The van der Waals surface area contributed by atoms with E-state index in [1.165, 1.54) is 12.1 Å². The van der Waals surface area contributed by atoms with Crippen LogP contribution in [0.1, 0.15) is 31.2 Å². The Bertz CT molecular complexity index is 525. The summed E-state index contributed by atoms with van der Waals surface area (Å²) in [7, 11) is 0. The van der Waals surface area contributed by atoms with Crippen LogP contribution >= 0.6 is 0 Å². The van der Waals surface area contributed by atoms with E-state index in [-0.39, 0.29) is 11.6 Å². The second kappa shape index (κ2) is 7.17. The number of hydrogen-bond acceptors (Lipinski definition) is 4.